The molecule has 0 saturated carbocycles. The first-order valence-corrected chi connectivity index (χ1v) is 9.70. The number of benzene rings is 3. The molecule has 3 aromatic carbocycles. The molecular weight excluding hydrogens is 362 g/mol. The minimum atomic E-state index is -0.221. The molecule has 0 unspecified atom stereocenters. The molecule has 144 valence electrons. The van der Waals surface area contributed by atoms with Gasteiger partial charge in [-0.05, 0) is 37.4 Å². The number of aromatic nitrogens is 1. The van der Waals surface area contributed by atoms with Crippen molar-refractivity contribution in [2.24, 2.45) is 0 Å². The minimum Gasteiger partial charge on any atom is -0.354 e. The number of nitrogens with one attached hydrogen (secondary N) is 1. The number of amides is 2. The number of aromatic amines is 1. The number of imide groups is 1. The van der Waals surface area contributed by atoms with Crippen LogP contribution < -0.4 is 0 Å². The third kappa shape index (κ3) is 2.66. The second kappa shape index (κ2) is 6.57. The molecule has 5 nitrogen and oxygen atoms in total. The van der Waals surface area contributed by atoms with Crippen molar-refractivity contribution in [3.05, 3.63) is 71.8 Å². The van der Waals surface area contributed by atoms with Crippen molar-refractivity contribution in [2.45, 2.75) is 0 Å². The third-order valence-corrected chi connectivity index (χ3v) is 5.58. The Morgan fingerprint density at radius 2 is 1.55 bits per heavy atom. The van der Waals surface area contributed by atoms with Gasteiger partial charge in [0, 0.05) is 29.4 Å². The van der Waals surface area contributed by atoms with Crippen molar-refractivity contribution in [1.29, 1.82) is 0 Å². The van der Waals surface area contributed by atoms with E-state index in [9.17, 15) is 9.59 Å². The lowest BCUT2D eigenvalue weighted by Gasteiger charge is -2.17. The fraction of sp³-hybridized carbons (Fsp3) is 0.167. The number of carbonyl (C=O) groups excluding carboxylic acids is 2. The Labute approximate surface area is 168 Å². The molecule has 1 N–H and O–H groups in total. The molecule has 2 heterocycles. The molecule has 5 heteroatoms. The number of hydrogen-bond acceptors (Lipinski definition) is 3. The topological polar surface area (TPSA) is 56.4 Å². The Morgan fingerprint density at radius 1 is 0.862 bits per heavy atom. The molecule has 2 amide bonds. The lowest BCUT2D eigenvalue weighted by molar-refractivity contribution is 0.0646. The number of nitrogens with zero attached hydrogens (tertiary/aromatic N) is 2. The first kappa shape index (κ1) is 17.6. The van der Waals surface area contributed by atoms with Crippen LogP contribution in [0.15, 0.2) is 60.7 Å². The van der Waals surface area contributed by atoms with E-state index in [0.717, 1.165) is 32.9 Å². The lowest BCUT2D eigenvalue weighted by Crippen LogP contribution is -2.36. The van der Waals surface area contributed by atoms with E-state index >= 15 is 0 Å². The maximum Gasteiger partial charge on any atom is 0.263 e. The van der Waals surface area contributed by atoms with Gasteiger partial charge >= 0.3 is 0 Å². The van der Waals surface area contributed by atoms with Gasteiger partial charge in [0.2, 0.25) is 0 Å². The molecule has 1 aliphatic heterocycles. The van der Waals surface area contributed by atoms with E-state index in [1.54, 1.807) is 0 Å². The minimum absolute atomic E-state index is 0.216. The molecule has 0 bridgehead atoms. The number of hydrogen-bond donors (Lipinski definition) is 1. The highest BCUT2D eigenvalue weighted by molar-refractivity contribution is 6.30. The van der Waals surface area contributed by atoms with Crippen LogP contribution in [0.5, 0.6) is 0 Å². The Bertz CT molecular complexity index is 1270. The van der Waals surface area contributed by atoms with Gasteiger partial charge in [-0.25, -0.2) is 0 Å². The second-order valence-corrected chi connectivity index (χ2v) is 7.70. The summed E-state index contributed by atoms with van der Waals surface area (Å²) in [7, 11) is 3.87. The summed E-state index contributed by atoms with van der Waals surface area (Å²) in [5.41, 5.74) is 4.43. The number of H-pyrrole nitrogens is 1. The van der Waals surface area contributed by atoms with Crippen LogP contribution in [0.2, 0.25) is 0 Å². The summed E-state index contributed by atoms with van der Waals surface area (Å²) in [5, 5.41) is 2.02. The molecule has 5 rings (SSSR count). The molecule has 4 aromatic rings. The van der Waals surface area contributed by atoms with E-state index < -0.39 is 0 Å². The first-order chi connectivity index (χ1) is 14.1. The number of para-hydroxylation sites is 1. The Hall–Kier alpha value is -3.44. The van der Waals surface area contributed by atoms with Crippen molar-refractivity contribution in [1.82, 2.24) is 14.8 Å². The van der Waals surface area contributed by atoms with Gasteiger partial charge in [-0.3, -0.25) is 14.5 Å². The van der Waals surface area contributed by atoms with Crippen LogP contribution in [-0.2, 0) is 0 Å². The Kier molecular flexibility index (Phi) is 4.00. The first-order valence-electron chi connectivity index (χ1n) is 9.70. The summed E-state index contributed by atoms with van der Waals surface area (Å²) in [6.07, 6.45) is 0. The zero-order chi connectivity index (χ0) is 20.1. The molecular formula is C24H21N3O2. The zero-order valence-corrected chi connectivity index (χ0v) is 16.4. The average molecular weight is 383 g/mol. The summed E-state index contributed by atoms with van der Waals surface area (Å²) >= 11 is 0. The fourth-order valence-corrected chi connectivity index (χ4v) is 4.13. The summed E-state index contributed by atoms with van der Waals surface area (Å²) < 4.78 is 0. The summed E-state index contributed by atoms with van der Waals surface area (Å²) in [4.78, 5) is 33.4. The van der Waals surface area contributed by atoms with E-state index in [2.05, 4.69) is 4.98 Å². The van der Waals surface area contributed by atoms with E-state index in [-0.39, 0.29) is 11.8 Å². The highest BCUT2D eigenvalue weighted by Crippen LogP contribution is 2.40. The van der Waals surface area contributed by atoms with Gasteiger partial charge in [0.25, 0.3) is 11.8 Å². The van der Waals surface area contributed by atoms with Crippen LogP contribution in [0.1, 0.15) is 20.7 Å². The van der Waals surface area contributed by atoms with Crippen molar-refractivity contribution in [3.63, 3.8) is 0 Å². The normalized spacial score (nSPS) is 13.8. The monoisotopic (exact) mass is 383 g/mol. The molecule has 0 radical (unpaired) electrons. The van der Waals surface area contributed by atoms with Crippen molar-refractivity contribution in [3.8, 4) is 11.1 Å². The Balaban J connectivity index is 1.82. The van der Waals surface area contributed by atoms with Crippen LogP contribution in [-0.4, -0.2) is 53.8 Å². The zero-order valence-electron chi connectivity index (χ0n) is 16.4. The van der Waals surface area contributed by atoms with Gasteiger partial charge in [-0.1, -0.05) is 48.5 Å². The van der Waals surface area contributed by atoms with E-state index in [0.29, 0.717) is 24.2 Å². The van der Waals surface area contributed by atoms with Crippen LogP contribution in [0, 0.1) is 0 Å². The van der Waals surface area contributed by atoms with Gasteiger partial charge in [0.1, 0.15) is 0 Å². The number of rotatable bonds is 4. The molecule has 29 heavy (non-hydrogen) atoms. The summed E-state index contributed by atoms with van der Waals surface area (Å²) in [5.74, 6) is -0.438. The van der Waals surface area contributed by atoms with Gasteiger partial charge in [0.15, 0.2) is 0 Å². The SMILES string of the molecule is CN(C)CCN1C(=O)c2c(-c3ccccc3)cc3c([nH]c4ccccc43)c2C1=O. The Morgan fingerprint density at radius 3 is 2.31 bits per heavy atom. The molecule has 0 spiro atoms. The standard InChI is InChI=1S/C24H21N3O2/c1-26(2)12-13-27-23(28)20-17(15-8-4-3-5-9-15)14-18-16-10-6-7-11-19(16)25-22(18)21(20)24(27)29/h3-11,14,25H,12-13H2,1-2H3. The van der Waals surface area contributed by atoms with Gasteiger partial charge < -0.3 is 9.88 Å². The second-order valence-electron chi connectivity index (χ2n) is 7.70. The highest BCUT2D eigenvalue weighted by atomic mass is 16.2. The van der Waals surface area contributed by atoms with Crippen LogP contribution >= 0.6 is 0 Å². The molecule has 1 aromatic heterocycles. The molecule has 0 fully saturated rings. The van der Waals surface area contributed by atoms with Crippen molar-refractivity contribution in [2.75, 3.05) is 27.2 Å². The van der Waals surface area contributed by atoms with E-state index in [1.165, 1.54) is 4.90 Å². The van der Waals surface area contributed by atoms with Gasteiger partial charge in [-0.2, -0.15) is 0 Å². The smallest absolute Gasteiger partial charge is 0.263 e. The predicted octanol–water partition coefficient (Wildman–Crippen LogP) is 4.15. The van der Waals surface area contributed by atoms with Gasteiger partial charge in [-0.15, -0.1) is 0 Å². The van der Waals surface area contributed by atoms with Gasteiger partial charge in [0.05, 0.1) is 16.6 Å². The van der Waals surface area contributed by atoms with E-state index in [1.807, 2.05) is 79.7 Å². The molecule has 0 aliphatic carbocycles. The molecule has 0 saturated heterocycles. The molecule has 0 atom stereocenters. The van der Waals surface area contributed by atoms with E-state index in [4.69, 9.17) is 0 Å². The number of fused-ring (bicyclic) bond motifs is 5. The fourth-order valence-electron chi connectivity index (χ4n) is 4.13. The number of likely N-dealkylation sites (N-methyl/N-ethyl adjacent to an activating group) is 1. The number of carbonyl (C=O) groups is 2. The summed E-state index contributed by atoms with van der Waals surface area (Å²) in [6.45, 7) is 0.997. The van der Waals surface area contributed by atoms with Crippen molar-refractivity contribution >= 4 is 33.6 Å². The lowest BCUT2D eigenvalue weighted by atomic mass is 9.93. The predicted molar refractivity (Wildman–Crippen MR) is 115 cm³/mol. The highest BCUT2D eigenvalue weighted by Gasteiger charge is 2.40. The largest absolute Gasteiger partial charge is 0.354 e. The van der Waals surface area contributed by atoms with Crippen molar-refractivity contribution < 1.29 is 9.59 Å². The maximum atomic E-state index is 13.4. The average Bonchev–Trinajstić information content (AvgIpc) is 3.22. The van der Waals surface area contributed by atoms with Crippen LogP contribution in [0.25, 0.3) is 32.9 Å². The summed E-state index contributed by atoms with van der Waals surface area (Å²) in [6, 6.07) is 19.8. The quantitative estimate of drug-likeness (QED) is 0.539. The third-order valence-electron chi connectivity index (χ3n) is 5.58. The maximum absolute atomic E-state index is 13.4. The van der Waals surface area contributed by atoms with Crippen LogP contribution in [0.3, 0.4) is 0 Å². The molecule has 1 aliphatic rings. The van der Waals surface area contributed by atoms with Crippen LogP contribution in [0.4, 0.5) is 0 Å².